The molecule has 0 atom stereocenters. The minimum Gasteiger partial charge on any atom is -0.489 e. The number of benzene rings is 3. The maximum absolute atomic E-state index is 12.0. The summed E-state index contributed by atoms with van der Waals surface area (Å²) < 4.78 is 17.6. The fourth-order valence-corrected chi connectivity index (χ4v) is 1.77. The molecule has 0 spiro atoms. The zero-order valence-corrected chi connectivity index (χ0v) is 12.7. The highest BCUT2D eigenvalue weighted by atomic mass is 19.1. The molecular formula is C19H19FN2O. The van der Waals surface area contributed by atoms with Gasteiger partial charge in [0.25, 0.3) is 0 Å². The Balaban J connectivity index is 0.000000203. The molecule has 0 aliphatic carbocycles. The molecule has 0 bridgehead atoms. The first kappa shape index (κ1) is 16.4. The van der Waals surface area contributed by atoms with Gasteiger partial charge in [0.05, 0.1) is 0 Å². The van der Waals surface area contributed by atoms with Crippen molar-refractivity contribution in [3.63, 3.8) is 0 Å². The normalized spacial score (nSPS) is 9.61. The molecule has 3 rings (SSSR count). The first-order chi connectivity index (χ1) is 11.1. The van der Waals surface area contributed by atoms with Crippen molar-refractivity contribution >= 4 is 11.4 Å². The topological polar surface area (TPSA) is 61.3 Å². The molecule has 0 aromatic heterocycles. The monoisotopic (exact) mass is 310 g/mol. The Morgan fingerprint density at radius 1 is 0.696 bits per heavy atom. The Morgan fingerprint density at radius 3 is 1.74 bits per heavy atom. The van der Waals surface area contributed by atoms with E-state index in [-0.39, 0.29) is 5.82 Å². The lowest BCUT2D eigenvalue weighted by molar-refractivity contribution is 0.306. The number of halogens is 1. The fourth-order valence-electron chi connectivity index (χ4n) is 1.77. The van der Waals surface area contributed by atoms with E-state index in [0.29, 0.717) is 12.3 Å². The highest BCUT2D eigenvalue weighted by Gasteiger charge is 1.94. The second-order valence-corrected chi connectivity index (χ2v) is 4.89. The number of hydrogen-bond donors (Lipinski definition) is 2. The molecule has 0 amide bonds. The van der Waals surface area contributed by atoms with Gasteiger partial charge in [-0.15, -0.1) is 0 Å². The molecule has 0 heterocycles. The van der Waals surface area contributed by atoms with Crippen molar-refractivity contribution in [2.45, 2.75) is 6.61 Å². The number of ether oxygens (including phenoxy) is 1. The van der Waals surface area contributed by atoms with Crippen LogP contribution in [0.25, 0.3) is 0 Å². The Kier molecular flexibility index (Phi) is 6.00. The minimum atomic E-state index is -0.251. The second kappa shape index (κ2) is 8.44. The average Bonchev–Trinajstić information content (AvgIpc) is 2.59. The van der Waals surface area contributed by atoms with Crippen molar-refractivity contribution < 1.29 is 9.13 Å². The van der Waals surface area contributed by atoms with Crippen molar-refractivity contribution in [3.05, 3.63) is 90.2 Å². The molecule has 0 saturated heterocycles. The number of rotatable bonds is 3. The van der Waals surface area contributed by atoms with E-state index in [2.05, 4.69) is 0 Å². The number of nitrogens with two attached hydrogens (primary N) is 2. The molecule has 3 nitrogen and oxygen atoms in total. The zero-order valence-electron chi connectivity index (χ0n) is 12.7. The smallest absolute Gasteiger partial charge is 0.123 e. The molecular weight excluding hydrogens is 291 g/mol. The van der Waals surface area contributed by atoms with E-state index in [0.717, 1.165) is 17.0 Å². The van der Waals surface area contributed by atoms with Crippen molar-refractivity contribution in [2.75, 3.05) is 11.5 Å². The van der Waals surface area contributed by atoms with E-state index in [1.165, 1.54) is 24.3 Å². The fraction of sp³-hybridized carbons (Fsp3) is 0.0526. The van der Waals surface area contributed by atoms with Crippen molar-refractivity contribution in [2.24, 2.45) is 0 Å². The predicted octanol–water partition coefficient (Wildman–Crippen LogP) is 4.26. The van der Waals surface area contributed by atoms with E-state index >= 15 is 0 Å². The van der Waals surface area contributed by atoms with Crippen LogP contribution in [0.1, 0.15) is 5.56 Å². The molecule has 4 N–H and O–H groups in total. The van der Waals surface area contributed by atoms with Gasteiger partial charge in [0, 0.05) is 11.4 Å². The third kappa shape index (κ3) is 6.09. The molecule has 0 aliphatic rings. The summed E-state index contributed by atoms with van der Waals surface area (Å²) in [5, 5.41) is 0. The standard InChI is InChI=1S/C13H13NO.C6H6FN/c14-12-6-8-13(9-7-12)15-10-11-4-2-1-3-5-11;7-5-1-3-6(8)4-2-5/h1-9H,10,14H2;1-4H,8H2. The van der Waals surface area contributed by atoms with Gasteiger partial charge in [-0.25, -0.2) is 4.39 Å². The van der Waals surface area contributed by atoms with Crippen LogP contribution in [0, 0.1) is 5.82 Å². The lowest BCUT2D eigenvalue weighted by atomic mass is 10.2. The number of hydrogen-bond acceptors (Lipinski definition) is 3. The van der Waals surface area contributed by atoms with Crippen LogP contribution in [-0.4, -0.2) is 0 Å². The number of anilines is 2. The third-order valence-electron chi connectivity index (χ3n) is 3.00. The Morgan fingerprint density at radius 2 is 1.22 bits per heavy atom. The summed E-state index contributed by atoms with van der Waals surface area (Å²) in [6, 6.07) is 23.2. The van der Waals surface area contributed by atoms with Crippen LogP contribution in [-0.2, 0) is 6.61 Å². The molecule has 0 saturated carbocycles. The third-order valence-corrected chi connectivity index (χ3v) is 3.00. The molecule has 0 aliphatic heterocycles. The molecule has 23 heavy (non-hydrogen) atoms. The van der Waals surface area contributed by atoms with Crippen LogP contribution >= 0.6 is 0 Å². The quantitative estimate of drug-likeness (QED) is 0.711. The molecule has 118 valence electrons. The first-order valence-electron chi connectivity index (χ1n) is 7.17. The van der Waals surface area contributed by atoms with E-state index in [1.54, 1.807) is 0 Å². The summed E-state index contributed by atoms with van der Waals surface area (Å²) in [5.41, 5.74) is 13.3. The molecule has 0 unspecified atom stereocenters. The van der Waals surface area contributed by atoms with E-state index in [1.807, 2.05) is 54.6 Å². The Bertz CT molecular complexity index is 677. The molecule has 4 heteroatoms. The average molecular weight is 310 g/mol. The Hall–Kier alpha value is -3.01. The van der Waals surface area contributed by atoms with Crippen LogP contribution in [0.3, 0.4) is 0 Å². The van der Waals surface area contributed by atoms with Gasteiger partial charge in [-0.3, -0.25) is 0 Å². The highest BCUT2D eigenvalue weighted by Crippen LogP contribution is 2.14. The van der Waals surface area contributed by atoms with Crippen LogP contribution in [0.5, 0.6) is 5.75 Å². The predicted molar refractivity (Wildman–Crippen MR) is 92.4 cm³/mol. The van der Waals surface area contributed by atoms with E-state index < -0.39 is 0 Å². The van der Waals surface area contributed by atoms with Gasteiger partial charge in [-0.1, -0.05) is 30.3 Å². The minimum absolute atomic E-state index is 0.251. The maximum atomic E-state index is 12.0. The summed E-state index contributed by atoms with van der Waals surface area (Å²) in [7, 11) is 0. The SMILES string of the molecule is Nc1ccc(F)cc1.Nc1ccc(OCc2ccccc2)cc1. The Labute approximate surface area is 135 Å². The van der Waals surface area contributed by atoms with Crippen molar-refractivity contribution in [3.8, 4) is 5.75 Å². The molecule has 0 radical (unpaired) electrons. The summed E-state index contributed by atoms with van der Waals surface area (Å²) in [6.07, 6.45) is 0. The summed E-state index contributed by atoms with van der Waals surface area (Å²) in [4.78, 5) is 0. The van der Waals surface area contributed by atoms with Crippen LogP contribution in [0.2, 0.25) is 0 Å². The van der Waals surface area contributed by atoms with Crippen LogP contribution < -0.4 is 16.2 Å². The lowest BCUT2D eigenvalue weighted by Crippen LogP contribution is -1.95. The van der Waals surface area contributed by atoms with Gasteiger partial charge in [0.15, 0.2) is 0 Å². The van der Waals surface area contributed by atoms with Crippen molar-refractivity contribution in [1.29, 1.82) is 0 Å². The van der Waals surface area contributed by atoms with Gasteiger partial charge >= 0.3 is 0 Å². The van der Waals surface area contributed by atoms with Crippen LogP contribution in [0.4, 0.5) is 15.8 Å². The van der Waals surface area contributed by atoms with E-state index in [4.69, 9.17) is 16.2 Å². The summed E-state index contributed by atoms with van der Waals surface area (Å²) in [6.45, 7) is 0.588. The molecule has 0 fully saturated rings. The van der Waals surface area contributed by atoms with Crippen molar-refractivity contribution in [1.82, 2.24) is 0 Å². The summed E-state index contributed by atoms with van der Waals surface area (Å²) in [5.74, 6) is 0.590. The molecule has 3 aromatic rings. The first-order valence-corrected chi connectivity index (χ1v) is 7.17. The maximum Gasteiger partial charge on any atom is 0.123 e. The second-order valence-electron chi connectivity index (χ2n) is 4.89. The van der Waals surface area contributed by atoms with Gasteiger partial charge in [-0.2, -0.15) is 0 Å². The number of nitrogen functional groups attached to an aromatic ring is 2. The molecule has 3 aromatic carbocycles. The lowest BCUT2D eigenvalue weighted by Gasteiger charge is -2.05. The highest BCUT2D eigenvalue weighted by molar-refractivity contribution is 5.41. The summed E-state index contributed by atoms with van der Waals surface area (Å²) >= 11 is 0. The van der Waals surface area contributed by atoms with E-state index in [9.17, 15) is 4.39 Å². The van der Waals surface area contributed by atoms with Gasteiger partial charge in [0.1, 0.15) is 18.2 Å². The van der Waals surface area contributed by atoms with Gasteiger partial charge in [0.2, 0.25) is 0 Å². The van der Waals surface area contributed by atoms with Crippen LogP contribution in [0.15, 0.2) is 78.9 Å². The largest absolute Gasteiger partial charge is 0.489 e. The van der Waals surface area contributed by atoms with Gasteiger partial charge in [-0.05, 0) is 54.1 Å². The zero-order chi connectivity index (χ0) is 16.5. The van der Waals surface area contributed by atoms with Gasteiger partial charge < -0.3 is 16.2 Å².